The Labute approximate surface area is 149 Å². The summed E-state index contributed by atoms with van der Waals surface area (Å²) in [4.78, 5) is 23.4. The third-order valence-corrected chi connectivity index (χ3v) is 3.23. The smallest absolute Gasteiger partial charge is 0.387 e. The standard InChI is InChI=1S/C16H10ClF4NO4/c17-9-6-8(4-5-12(9)26-16(20)21)22-13(23)7-25-15(24)14-10(18)2-1-3-11(14)19/h1-6,16H,7H2,(H,22,23). The predicted octanol–water partition coefficient (Wildman–Crippen LogP) is 4.02. The highest BCUT2D eigenvalue weighted by atomic mass is 35.5. The minimum Gasteiger partial charge on any atom is -0.452 e. The molecule has 0 unspecified atom stereocenters. The van der Waals surface area contributed by atoms with Crippen LogP contribution in [0.15, 0.2) is 36.4 Å². The number of carbonyl (C=O) groups excluding carboxylic acids is 2. The van der Waals surface area contributed by atoms with Crippen molar-refractivity contribution >= 4 is 29.2 Å². The largest absolute Gasteiger partial charge is 0.452 e. The van der Waals surface area contributed by atoms with Crippen molar-refractivity contribution in [3.8, 4) is 5.75 Å². The van der Waals surface area contributed by atoms with E-state index in [1.54, 1.807) is 0 Å². The molecule has 10 heteroatoms. The van der Waals surface area contributed by atoms with Gasteiger partial charge in [-0.1, -0.05) is 17.7 Å². The second kappa shape index (κ2) is 8.52. The van der Waals surface area contributed by atoms with Crippen LogP contribution in [0.2, 0.25) is 5.02 Å². The topological polar surface area (TPSA) is 64.6 Å². The summed E-state index contributed by atoms with van der Waals surface area (Å²) in [6, 6.07) is 6.26. The lowest BCUT2D eigenvalue weighted by Gasteiger charge is -2.10. The number of rotatable bonds is 6. The van der Waals surface area contributed by atoms with E-state index in [1.165, 1.54) is 6.07 Å². The number of hydrogen-bond acceptors (Lipinski definition) is 4. The maximum atomic E-state index is 13.4. The molecule has 0 radical (unpaired) electrons. The fourth-order valence-electron chi connectivity index (χ4n) is 1.86. The van der Waals surface area contributed by atoms with E-state index in [9.17, 15) is 27.2 Å². The zero-order valence-electron chi connectivity index (χ0n) is 12.8. The highest BCUT2D eigenvalue weighted by Gasteiger charge is 2.19. The van der Waals surface area contributed by atoms with E-state index < -0.39 is 42.3 Å². The molecule has 26 heavy (non-hydrogen) atoms. The van der Waals surface area contributed by atoms with Gasteiger partial charge in [-0.25, -0.2) is 13.6 Å². The fraction of sp³-hybridized carbons (Fsp3) is 0.125. The zero-order chi connectivity index (χ0) is 19.3. The minimum atomic E-state index is -3.06. The Kier molecular flexibility index (Phi) is 6.40. The Balaban J connectivity index is 1.95. The zero-order valence-corrected chi connectivity index (χ0v) is 13.5. The van der Waals surface area contributed by atoms with Crippen molar-refractivity contribution in [3.05, 3.63) is 58.6 Å². The molecule has 0 saturated carbocycles. The van der Waals surface area contributed by atoms with Crippen molar-refractivity contribution in [1.29, 1.82) is 0 Å². The lowest BCUT2D eigenvalue weighted by atomic mass is 10.2. The number of alkyl halides is 2. The van der Waals surface area contributed by atoms with E-state index in [2.05, 4.69) is 14.8 Å². The van der Waals surface area contributed by atoms with Gasteiger partial charge in [-0.05, 0) is 30.3 Å². The predicted molar refractivity (Wildman–Crippen MR) is 83.4 cm³/mol. The number of benzene rings is 2. The number of halogens is 5. The Hall–Kier alpha value is -2.81. The Bertz CT molecular complexity index is 812. The first kappa shape index (κ1) is 19.5. The molecule has 0 fully saturated rings. The van der Waals surface area contributed by atoms with Crippen LogP contribution in [0, 0.1) is 11.6 Å². The molecular formula is C16H10ClF4NO4. The Morgan fingerprint density at radius 2 is 1.77 bits per heavy atom. The van der Waals surface area contributed by atoms with Gasteiger partial charge in [0.05, 0.1) is 5.02 Å². The highest BCUT2D eigenvalue weighted by molar-refractivity contribution is 6.32. The van der Waals surface area contributed by atoms with Gasteiger partial charge in [0.25, 0.3) is 5.91 Å². The fourth-order valence-corrected chi connectivity index (χ4v) is 2.09. The van der Waals surface area contributed by atoms with Crippen LogP contribution in [0.3, 0.4) is 0 Å². The van der Waals surface area contributed by atoms with E-state index in [0.29, 0.717) is 0 Å². The maximum absolute atomic E-state index is 13.4. The van der Waals surface area contributed by atoms with Crippen LogP contribution in [0.1, 0.15) is 10.4 Å². The first-order chi connectivity index (χ1) is 12.3. The van der Waals surface area contributed by atoms with E-state index in [-0.39, 0.29) is 16.5 Å². The molecule has 138 valence electrons. The molecule has 0 aliphatic rings. The molecule has 5 nitrogen and oxygen atoms in total. The number of ether oxygens (including phenoxy) is 2. The maximum Gasteiger partial charge on any atom is 0.387 e. The summed E-state index contributed by atoms with van der Waals surface area (Å²) >= 11 is 5.72. The molecule has 2 aromatic carbocycles. The monoisotopic (exact) mass is 391 g/mol. The summed E-state index contributed by atoms with van der Waals surface area (Å²) in [7, 11) is 0. The molecule has 0 bridgehead atoms. The summed E-state index contributed by atoms with van der Waals surface area (Å²) in [6.45, 7) is -3.90. The number of nitrogens with one attached hydrogen (secondary N) is 1. The third-order valence-electron chi connectivity index (χ3n) is 2.93. The summed E-state index contributed by atoms with van der Waals surface area (Å²) in [6.07, 6.45) is 0. The van der Waals surface area contributed by atoms with Gasteiger partial charge >= 0.3 is 12.6 Å². The molecule has 1 amide bonds. The molecule has 0 aliphatic heterocycles. The number of hydrogen-bond donors (Lipinski definition) is 1. The number of esters is 1. The van der Waals surface area contributed by atoms with Crippen LogP contribution < -0.4 is 10.1 Å². The molecular weight excluding hydrogens is 382 g/mol. The number of carbonyl (C=O) groups is 2. The normalized spacial score (nSPS) is 10.5. The average Bonchev–Trinajstić information content (AvgIpc) is 2.55. The molecule has 0 aliphatic carbocycles. The summed E-state index contributed by atoms with van der Waals surface area (Å²) in [5.41, 5.74) is -0.813. The van der Waals surface area contributed by atoms with Gasteiger partial charge in [0, 0.05) is 5.69 Å². The SMILES string of the molecule is O=C(COC(=O)c1c(F)cccc1F)Nc1ccc(OC(F)F)c(Cl)c1. The molecule has 0 saturated heterocycles. The number of anilines is 1. The van der Waals surface area contributed by atoms with Crippen LogP contribution in [0.25, 0.3) is 0 Å². The lowest BCUT2D eigenvalue weighted by Crippen LogP contribution is -2.22. The molecule has 2 aromatic rings. The number of amides is 1. The van der Waals surface area contributed by atoms with Crippen molar-refractivity contribution in [2.45, 2.75) is 6.61 Å². The van der Waals surface area contributed by atoms with Crippen LogP contribution >= 0.6 is 11.6 Å². The van der Waals surface area contributed by atoms with Crippen LogP contribution in [-0.2, 0) is 9.53 Å². The van der Waals surface area contributed by atoms with Crippen molar-refractivity contribution in [1.82, 2.24) is 0 Å². The Morgan fingerprint density at radius 3 is 2.35 bits per heavy atom. The van der Waals surface area contributed by atoms with Crippen molar-refractivity contribution in [2.75, 3.05) is 11.9 Å². The van der Waals surface area contributed by atoms with E-state index in [1.807, 2.05) is 0 Å². The summed E-state index contributed by atoms with van der Waals surface area (Å²) < 4.78 is 59.8. The third kappa shape index (κ3) is 5.09. The first-order valence-corrected chi connectivity index (χ1v) is 7.31. The van der Waals surface area contributed by atoms with Gasteiger partial charge < -0.3 is 14.8 Å². The van der Waals surface area contributed by atoms with Crippen LogP contribution in [0.5, 0.6) is 5.75 Å². The van der Waals surface area contributed by atoms with Gasteiger partial charge in [0.1, 0.15) is 22.9 Å². The van der Waals surface area contributed by atoms with Gasteiger partial charge in [0.2, 0.25) is 0 Å². The second-order valence-electron chi connectivity index (χ2n) is 4.74. The Morgan fingerprint density at radius 1 is 1.12 bits per heavy atom. The highest BCUT2D eigenvalue weighted by Crippen LogP contribution is 2.28. The first-order valence-electron chi connectivity index (χ1n) is 6.93. The molecule has 2 rings (SSSR count). The summed E-state index contributed by atoms with van der Waals surface area (Å²) in [5.74, 6) is -4.74. The van der Waals surface area contributed by atoms with E-state index in [4.69, 9.17) is 11.6 Å². The van der Waals surface area contributed by atoms with Gasteiger partial charge in [0.15, 0.2) is 6.61 Å². The van der Waals surface area contributed by atoms with Crippen molar-refractivity contribution in [2.24, 2.45) is 0 Å². The average molecular weight is 392 g/mol. The van der Waals surface area contributed by atoms with Crippen molar-refractivity contribution < 1.29 is 36.6 Å². The van der Waals surface area contributed by atoms with Crippen LogP contribution in [0.4, 0.5) is 23.2 Å². The van der Waals surface area contributed by atoms with Gasteiger partial charge in [-0.2, -0.15) is 8.78 Å². The molecule has 0 spiro atoms. The molecule has 0 heterocycles. The van der Waals surface area contributed by atoms with Gasteiger partial charge in [-0.15, -0.1) is 0 Å². The van der Waals surface area contributed by atoms with Crippen LogP contribution in [-0.4, -0.2) is 25.1 Å². The van der Waals surface area contributed by atoms with Gasteiger partial charge in [-0.3, -0.25) is 4.79 Å². The molecule has 1 N–H and O–H groups in total. The van der Waals surface area contributed by atoms with E-state index >= 15 is 0 Å². The molecule has 0 aromatic heterocycles. The molecule has 0 atom stereocenters. The van der Waals surface area contributed by atoms with E-state index in [0.717, 1.165) is 30.3 Å². The second-order valence-corrected chi connectivity index (χ2v) is 5.15. The van der Waals surface area contributed by atoms with Crippen molar-refractivity contribution in [3.63, 3.8) is 0 Å². The lowest BCUT2D eigenvalue weighted by molar-refractivity contribution is -0.119. The quantitative estimate of drug-likeness (QED) is 0.597. The summed E-state index contributed by atoms with van der Waals surface area (Å²) in [5, 5.41) is 2.08. The minimum absolute atomic E-state index is 0.106.